The van der Waals surface area contributed by atoms with E-state index in [2.05, 4.69) is 16.8 Å². The number of likely N-dealkylation sites (N-methyl/N-ethyl adjacent to an activating group) is 1. The molecule has 4 heteroatoms. The van der Waals surface area contributed by atoms with Crippen LogP contribution < -0.4 is 5.73 Å². The maximum absolute atomic E-state index is 10.2. The Morgan fingerprint density at radius 3 is 2.89 bits per heavy atom. The zero-order valence-corrected chi connectivity index (χ0v) is 11.0. The lowest BCUT2D eigenvalue weighted by atomic mass is 10.1. The van der Waals surface area contributed by atoms with Gasteiger partial charge in [-0.3, -0.25) is 4.90 Å². The lowest BCUT2D eigenvalue weighted by Crippen LogP contribution is -2.32. The molecular weight excluding hydrogens is 226 g/mol. The molecule has 1 saturated heterocycles. The van der Waals surface area contributed by atoms with Gasteiger partial charge < -0.3 is 15.7 Å². The van der Waals surface area contributed by atoms with E-state index in [0.717, 1.165) is 31.7 Å². The van der Waals surface area contributed by atoms with E-state index in [9.17, 15) is 5.11 Å². The van der Waals surface area contributed by atoms with Crippen LogP contribution in [-0.2, 0) is 0 Å². The maximum Gasteiger partial charge on any atom is 0.0917 e. The van der Waals surface area contributed by atoms with Gasteiger partial charge in [0.2, 0.25) is 0 Å². The molecule has 0 saturated carbocycles. The van der Waals surface area contributed by atoms with Gasteiger partial charge in [0.15, 0.2) is 0 Å². The van der Waals surface area contributed by atoms with Crippen LogP contribution in [0.4, 0.5) is 5.69 Å². The molecule has 2 rings (SSSR count). The van der Waals surface area contributed by atoms with Gasteiger partial charge in [0.05, 0.1) is 6.10 Å². The second-order valence-corrected chi connectivity index (χ2v) is 5.14. The predicted octanol–water partition coefficient (Wildman–Crippen LogP) is 0.940. The number of hydrogen-bond donors (Lipinski definition) is 2. The molecule has 18 heavy (non-hydrogen) atoms. The summed E-state index contributed by atoms with van der Waals surface area (Å²) in [5, 5.41) is 10.2. The van der Waals surface area contributed by atoms with Gasteiger partial charge in [0.1, 0.15) is 0 Å². The Kier molecular flexibility index (Phi) is 4.58. The van der Waals surface area contributed by atoms with Crippen molar-refractivity contribution >= 4 is 5.69 Å². The minimum atomic E-state index is -0.447. The van der Waals surface area contributed by atoms with Crippen LogP contribution in [0.2, 0.25) is 0 Å². The molecule has 1 aliphatic rings. The second kappa shape index (κ2) is 6.18. The van der Waals surface area contributed by atoms with Crippen LogP contribution in [0, 0.1) is 0 Å². The molecule has 1 fully saturated rings. The summed E-state index contributed by atoms with van der Waals surface area (Å²) < 4.78 is 0. The number of nitrogen functional groups attached to an aromatic ring is 1. The summed E-state index contributed by atoms with van der Waals surface area (Å²) in [6, 6.07) is 7.53. The molecule has 1 heterocycles. The summed E-state index contributed by atoms with van der Waals surface area (Å²) in [5.74, 6) is 0. The SMILES string of the molecule is CN1CCCN(CC(O)c2cccc(N)c2)CC1. The molecule has 0 bridgehead atoms. The van der Waals surface area contributed by atoms with E-state index >= 15 is 0 Å². The average Bonchev–Trinajstić information content (AvgIpc) is 2.54. The van der Waals surface area contributed by atoms with Crippen LogP contribution in [0.25, 0.3) is 0 Å². The van der Waals surface area contributed by atoms with Crippen molar-refractivity contribution in [1.29, 1.82) is 0 Å². The zero-order valence-electron chi connectivity index (χ0n) is 11.0. The van der Waals surface area contributed by atoms with E-state index in [-0.39, 0.29) is 0 Å². The standard InChI is InChI=1S/C14H23N3O/c1-16-6-3-7-17(9-8-16)11-14(18)12-4-2-5-13(15)10-12/h2,4-5,10,14,18H,3,6-9,11,15H2,1H3. The summed E-state index contributed by atoms with van der Waals surface area (Å²) in [6.45, 7) is 4.99. The first kappa shape index (κ1) is 13.3. The van der Waals surface area contributed by atoms with Crippen molar-refractivity contribution in [2.24, 2.45) is 0 Å². The fraction of sp³-hybridized carbons (Fsp3) is 0.571. The van der Waals surface area contributed by atoms with E-state index in [1.54, 1.807) is 0 Å². The molecule has 1 unspecified atom stereocenters. The van der Waals surface area contributed by atoms with Gasteiger partial charge in [-0.2, -0.15) is 0 Å². The third-order valence-corrected chi connectivity index (χ3v) is 3.54. The largest absolute Gasteiger partial charge is 0.399 e. The first-order valence-corrected chi connectivity index (χ1v) is 6.59. The number of aliphatic hydroxyl groups is 1. The molecule has 1 atom stereocenters. The number of nitrogens with two attached hydrogens (primary N) is 1. The highest BCUT2D eigenvalue weighted by Gasteiger charge is 2.16. The Bertz CT molecular complexity index is 383. The highest BCUT2D eigenvalue weighted by Crippen LogP contribution is 2.17. The zero-order chi connectivity index (χ0) is 13.0. The molecule has 1 aromatic rings. The van der Waals surface area contributed by atoms with Crippen LogP contribution in [-0.4, -0.2) is 54.7 Å². The van der Waals surface area contributed by atoms with Gasteiger partial charge in [-0.25, -0.2) is 0 Å². The molecule has 0 aliphatic carbocycles. The van der Waals surface area contributed by atoms with Gasteiger partial charge in [-0.15, -0.1) is 0 Å². The summed E-state index contributed by atoms with van der Waals surface area (Å²) in [4.78, 5) is 4.67. The quantitative estimate of drug-likeness (QED) is 0.783. The summed E-state index contributed by atoms with van der Waals surface area (Å²) in [7, 11) is 2.15. The van der Waals surface area contributed by atoms with Crippen LogP contribution in [0.1, 0.15) is 18.1 Å². The van der Waals surface area contributed by atoms with E-state index in [4.69, 9.17) is 5.73 Å². The smallest absolute Gasteiger partial charge is 0.0917 e. The number of β-amino-alcohol motifs (C(OH)–C–C–N with tert-alkyl or cyclic N) is 1. The molecule has 100 valence electrons. The van der Waals surface area contributed by atoms with Crippen molar-refractivity contribution < 1.29 is 5.11 Å². The third kappa shape index (κ3) is 3.70. The Morgan fingerprint density at radius 1 is 1.28 bits per heavy atom. The average molecular weight is 249 g/mol. The summed E-state index contributed by atoms with van der Waals surface area (Å²) in [5.41, 5.74) is 7.36. The van der Waals surface area contributed by atoms with Gasteiger partial charge >= 0.3 is 0 Å². The predicted molar refractivity (Wildman–Crippen MR) is 74.4 cm³/mol. The summed E-state index contributed by atoms with van der Waals surface area (Å²) in [6.07, 6.45) is 0.720. The van der Waals surface area contributed by atoms with Gasteiger partial charge in [0, 0.05) is 25.3 Å². The van der Waals surface area contributed by atoms with Crippen LogP contribution in [0.5, 0.6) is 0 Å². The van der Waals surface area contributed by atoms with Crippen molar-refractivity contribution in [2.45, 2.75) is 12.5 Å². The fourth-order valence-electron chi connectivity index (χ4n) is 2.40. The highest BCUT2D eigenvalue weighted by molar-refractivity contribution is 5.41. The number of rotatable bonds is 3. The molecule has 0 aromatic heterocycles. The van der Waals surface area contributed by atoms with Crippen molar-refractivity contribution in [2.75, 3.05) is 45.5 Å². The maximum atomic E-state index is 10.2. The molecule has 1 aliphatic heterocycles. The Morgan fingerprint density at radius 2 is 2.11 bits per heavy atom. The van der Waals surface area contributed by atoms with Crippen molar-refractivity contribution in [1.82, 2.24) is 9.80 Å². The van der Waals surface area contributed by atoms with E-state index in [1.807, 2.05) is 24.3 Å². The molecule has 0 radical (unpaired) electrons. The first-order chi connectivity index (χ1) is 8.65. The highest BCUT2D eigenvalue weighted by atomic mass is 16.3. The molecule has 1 aromatic carbocycles. The van der Waals surface area contributed by atoms with E-state index < -0.39 is 6.10 Å². The van der Waals surface area contributed by atoms with Crippen LogP contribution in [0.3, 0.4) is 0 Å². The topological polar surface area (TPSA) is 52.7 Å². The number of hydrogen-bond acceptors (Lipinski definition) is 4. The van der Waals surface area contributed by atoms with Crippen LogP contribution >= 0.6 is 0 Å². The third-order valence-electron chi connectivity index (χ3n) is 3.54. The number of anilines is 1. The van der Waals surface area contributed by atoms with Gasteiger partial charge in [-0.1, -0.05) is 12.1 Å². The molecule has 0 amide bonds. The second-order valence-electron chi connectivity index (χ2n) is 5.14. The van der Waals surface area contributed by atoms with Crippen molar-refractivity contribution in [3.63, 3.8) is 0 Å². The van der Waals surface area contributed by atoms with E-state index in [0.29, 0.717) is 12.2 Å². The lowest BCUT2D eigenvalue weighted by molar-refractivity contribution is 0.115. The van der Waals surface area contributed by atoms with E-state index in [1.165, 1.54) is 6.42 Å². The first-order valence-electron chi connectivity index (χ1n) is 6.59. The lowest BCUT2D eigenvalue weighted by Gasteiger charge is -2.23. The Hall–Kier alpha value is -1.10. The number of benzene rings is 1. The molecule has 0 spiro atoms. The van der Waals surface area contributed by atoms with Crippen molar-refractivity contribution in [3.05, 3.63) is 29.8 Å². The summed E-state index contributed by atoms with van der Waals surface area (Å²) >= 11 is 0. The van der Waals surface area contributed by atoms with Gasteiger partial charge in [0.25, 0.3) is 0 Å². The molecule has 3 N–H and O–H groups in total. The minimum Gasteiger partial charge on any atom is -0.399 e. The monoisotopic (exact) mass is 249 g/mol. The Balaban J connectivity index is 1.92. The number of aliphatic hydroxyl groups excluding tert-OH is 1. The fourth-order valence-corrected chi connectivity index (χ4v) is 2.40. The molecular formula is C14H23N3O. The van der Waals surface area contributed by atoms with Crippen LogP contribution in [0.15, 0.2) is 24.3 Å². The number of nitrogens with zero attached hydrogens (tertiary/aromatic N) is 2. The minimum absolute atomic E-state index is 0.447. The Labute approximate surface area is 109 Å². The van der Waals surface area contributed by atoms with Crippen molar-refractivity contribution in [3.8, 4) is 0 Å². The normalized spacial score (nSPS) is 20.6. The van der Waals surface area contributed by atoms with Gasteiger partial charge in [-0.05, 0) is 44.3 Å². The molecule has 4 nitrogen and oxygen atoms in total.